The van der Waals surface area contributed by atoms with E-state index in [1.165, 1.54) is 61.7 Å². The largest absolute Gasteiger partial charge is 0.495 e. The van der Waals surface area contributed by atoms with Crippen LogP contribution in [0.4, 0.5) is 20.2 Å². The van der Waals surface area contributed by atoms with Crippen LogP contribution in [0.2, 0.25) is 10.0 Å². The van der Waals surface area contributed by atoms with Gasteiger partial charge in [0, 0.05) is 66.5 Å². The molecule has 3 aliphatic rings. The Morgan fingerprint density at radius 3 is 2.23 bits per heavy atom. The number of nitriles is 1. The van der Waals surface area contributed by atoms with Gasteiger partial charge in [0.2, 0.25) is 17.7 Å². The highest BCUT2D eigenvalue weighted by atomic mass is 35.5. The van der Waals surface area contributed by atoms with Crippen LogP contribution in [0.25, 0.3) is 0 Å². The summed E-state index contributed by atoms with van der Waals surface area (Å²) in [6.07, 6.45) is 1.50. The summed E-state index contributed by atoms with van der Waals surface area (Å²) < 4.78 is 54.7. The van der Waals surface area contributed by atoms with Crippen molar-refractivity contribution in [1.82, 2.24) is 20.9 Å². The summed E-state index contributed by atoms with van der Waals surface area (Å²) in [7, 11) is 1.37. The fourth-order valence-corrected chi connectivity index (χ4v) is 10.1. The van der Waals surface area contributed by atoms with Crippen LogP contribution < -0.4 is 31.3 Å². The van der Waals surface area contributed by atoms with Gasteiger partial charge < -0.3 is 40.2 Å². The lowest BCUT2D eigenvalue weighted by atomic mass is 9.62. The standard InChI is InChI=1S/C54H59Cl2F2N7O10/c1-53(2,3)29-42-54(30-59,35-15-14-32(55)28-37(35)57)45(34-10-5-11-36(56)46(34)58)47(63-42)50(69)62-38-16-13-31(27-41(38)72-4)48(67)61-20-8-22-74-24-26-75-25-23-73-21-7-19-60-39-12-6-9-33-44(39)52(71)65(51(33)70)40-17-18-43(66)64-49(40)68/h5-6,9-16,27-28,40,42,45,47,60,63H,7-8,17-26,29H2,1-4H3,(H,61,67)(H,62,69)(H,64,66,68)/t40?,42-,45-,47+,54-/m0/s1. The second-order valence-electron chi connectivity index (χ2n) is 19.5. The Labute approximate surface area is 443 Å². The number of benzene rings is 4. The lowest BCUT2D eigenvalue weighted by Gasteiger charge is -2.37. The molecule has 0 aliphatic carbocycles. The zero-order valence-corrected chi connectivity index (χ0v) is 43.4. The summed E-state index contributed by atoms with van der Waals surface area (Å²) in [5.74, 6) is -6.09. The second-order valence-corrected chi connectivity index (χ2v) is 20.3. The van der Waals surface area contributed by atoms with E-state index in [-0.39, 0.29) is 68.6 Å². The van der Waals surface area contributed by atoms with E-state index in [0.717, 1.165) is 11.0 Å². The smallest absolute Gasteiger partial charge is 0.264 e. The first-order chi connectivity index (χ1) is 35.9. The summed E-state index contributed by atoms with van der Waals surface area (Å²) in [6.45, 7) is 8.66. The molecule has 0 saturated carbocycles. The number of imide groups is 2. The predicted octanol–water partition coefficient (Wildman–Crippen LogP) is 7.31. The summed E-state index contributed by atoms with van der Waals surface area (Å²) in [6, 6.07) is 16.7. The molecule has 0 bridgehead atoms. The molecule has 3 heterocycles. The fourth-order valence-electron chi connectivity index (χ4n) is 9.78. The molecule has 4 aromatic carbocycles. The maximum absolute atomic E-state index is 16.1. The lowest BCUT2D eigenvalue weighted by Crippen LogP contribution is -2.54. The van der Waals surface area contributed by atoms with Gasteiger partial charge in [0.05, 0.1) is 67.5 Å². The minimum absolute atomic E-state index is 0.0405. The van der Waals surface area contributed by atoms with Gasteiger partial charge >= 0.3 is 0 Å². The molecule has 398 valence electrons. The van der Waals surface area contributed by atoms with Crippen LogP contribution in [0.5, 0.6) is 5.75 Å². The monoisotopic (exact) mass is 1070 g/mol. The van der Waals surface area contributed by atoms with Crippen LogP contribution in [0, 0.1) is 28.4 Å². The number of nitrogens with one attached hydrogen (secondary N) is 5. The minimum Gasteiger partial charge on any atom is -0.495 e. The summed E-state index contributed by atoms with van der Waals surface area (Å²) in [4.78, 5) is 79.0. The van der Waals surface area contributed by atoms with E-state index in [4.69, 9.17) is 42.1 Å². The molecular formula is C54H59Cl2F2N7O10. The minimum atomic E-state index is -1.82. The molecule has 0 aromatic heterocycles. The van der Waals surface area contributed by atoms with E-state index in [1.807, 2.05) is 20.8 Å². The number of methoxy groups -OCH3 is 1. The van der Waals surface area contributed by atoms with Crippen molar-refractivity contribution in [3.63, 3.8) is 0 Å². The molecule has 21 heteroatoms. The Hall–Kier alpha value is -6.53. The Bertz CT molecular complexity index is 2860. The van der Waals surface area contributed by atoms with Gasteiger partial charge in [-0.1, -0.05) is 68.2 Å². The first-order valence-electron chi connectivity index (χ1n) is 24.6. The van der Waals surface area contributed by atoms with Gasteiger partial charge in [-0.2, -0.15) is 5.26 Å². The Morgan fingerprint density at radius 1 is 0.867 bits per heavy atom. The molecule has 3 aliphatic heterocycles. The third-order valence-electron chi connectivity index (χ3n) is 13.2. The van der Waals surface area contributed by atoms with Crippen molar-refractivity contribution in [2.45, 2.75) is 82.3 Å². The maximum Gasteiger partial charge on any atom is 0.264 e. The van der Waals surface area contributed by atoms with Crippen LogP contribution in [0.3, 0.4) is 0 Å². The number of hydrogen-bond acceptors (Lipinski definition) is 13. The van der Waals surface area contributed by atoms with E-state index >= 15 is 8.78 Å². The van der Waals surface area contributed by atoms with Crippen molar-refractivity contribution in [1.29, 1.82) is 5.26 Å². The van der Waals surface area contributed by atoms with Crippen LogP contribution >= 0.6 is 23.2 Å². The number of hydrogen-bond donors (Lipinski definition) is 5. The van der Waals surface area contributed by atoms with Crippen LogP contribution in [0.15, 0.2) is 72.8 Å². The first kappa shape index (κ1) is 56.2. The number of carbonyl (C=O) groups is 6. The molecule has 2 saturated heterocycles. The highest BCUT2D eigenvalue weighted by Crippen LogP contribution is 2.53. The van der Waals surface area contributed by atoms with Gasteiger partial charge in [-0.25, -0.2) is 8.78 Å². The SMILES string of the molecule is COc1cc(C(=O)NCCCOCCOCCOCCCNc2cccc3c2C(=O)N(C2CCC(=O)NC2=O)C3=O)ccc1NC(=O)[C@@H]1N[C@@H](CC(C)(C)C)[C@](C#N)(c2ccc(Cl)cc2F)[C@H]1c1cccc(Cl)c1F. The molecule has 0 spiro atoms. The molecule has 75 heavy (non-hydrogen) atoms. The van der Waals surface area contributed by atoms with Crippen LogP contribution in [-0.2, 0) is 34.0 Å². The Kier molecular flexibility index (Phi) is 18.6. The van der Waals surface area contributed by atoms with E-state index in [0.29, 0.717) is 71.3 Å². The molecule has 5 atom stereocenters. The second kappa shape index (κ2) is 24.9. The predicted molar refractivity (Wildman–Crippen MR) is 275 cm³/mol. The summed E-state index contributed by atoms with van der Waals surface area (Å²) in [5.41, 5.74) is -1.06. The van der Waals surface area contributed by atoms with Gasteiger partial charge in [0.1, 0.15) is 28.8 Å². The lowest BCUT2D eigenvalue weighted by molar-refractivity contribution is -0.136. The van der Waals surface area contributed by atoms with Gasteiger partial charge in [-0.3, -0.25) is 39.0 Å². The fraction of sp³-hybridized carbons (Fsp3) is 0.426. The number of ether oxygens (including phenoxy) is 4. The van der Waals surface area contributed by atoms with Gasteiger partial charge in [0.15, 0.2) is 0 Å². The van der Waals surface area contributed by atoms with E-state index < -0.39 is 82.0 Å². The topological polar surface area (TPSA) is 227 Å². The average Bonchev–Trinajstić information content (AvgIpc) is 3.86. The Morgan fingerprint density at radius 2 is 1.56 bits per heavy atom. The number of anilines is 2. The van der Waals surface area contributed by atoms with Gasteiger partial charge in [-0.05, 0) is 85.2 Å². The third-order valence-corrected chi connectivity index (χ3v) is 13.7. The van der Waals surface area contributed by atoms with Crippen molar-refractivity contribution in [3.8, 4) is 11.8 Å². The van der Waals surface area contributed by atoms with Crippen LogP contribution in [0.1, 0.15) is 101 Å². The van der Waals surface area contributed by atoms with E-state index in [2.05, 4.69) is 32.7 Å². The molecule has 1 unspecified atom stereocenters. The molecule has 5 N–H and O–H groups in total. The highest BCUT2D eigenvalue weighted by Gasteiger charge is 2.61. The maximum atomic E-state index is 16.1. The normalized spacial score (nSPS) is 20.4. The summed E-state index contributed by atoms with van der Waals surface area (Å²) >= 11 is 12.4. The zero-order valence-electron chi connectivity index (χ0n) is 41.9. The number of amides is 6. The van der Waals surface area contributed by atoms with Crippen molar-refractivity contribution < 1.29 is 56.5 Å². The van der Waals surface area contributed by atoms with Crippen molar-refractivity contribution in [3.05, 3.63) is 122 Å². The number of carbonyl (C=O) groups excluding carboxylic acids is 6. The molecule has 0 radical (unpaired) electrons. The molecular weight excluding hydrogens is 1020 g/mol. The van der Waals surface area contributed by atoms with Gasteiger partial charge in [0.25, 0.3) is 17.7 Å². The molecule has 2 fully saturated rings. The van der Waals surface area contributed by atoms with E-state index in [1.54, 1.807) is 12.1 Å². The molecule has 6 amide bonds. The van der Waals surface area contributed by atoms with Crippen LogP contribution in [-0.4, -0.2) is 118 Å². The summed E-state index contributed by atoms with van der Waals surface area (Å²) in [5, 5.41) is 25.4. The molecule has 4 aromatic rings. The molecule has 7 rings (SSSR count). The van der Waals surface area contributed by atoms with Crippen molar-refractivity contribution >= 4 is 70.0 Å². The first-order valence-corrected chi connectivity index (χ1v) is 25.3. The number of nitrogens with zero attached hydrogens (tertiary/aromatic N) is 2. The molecule has 17 nitrogen and oxygen atoms in total. The van der Waals surface area contributed by atoms with Gasteiger partial charge in [-0.15, -0.1) is 0 Å². The quantitative estimate of drug-likeness (QED) is 0.0363. The van der Waals surface area contributed by atoms with E-state index in [9.17, 15) is 34.0 Å². The number of piperidine rings is 1. The van der Waals surface area contributed by atoms with Crippen molar-refractivity contribution in [2.75, 3.05) is 70.5 Å². The average molecular weight is 1080 g/mol. The Balaban J connectivity index is 0.828. The number of halogens is 4. The van der Waals surface area contributed by atoms with Crippen molar-refractivity contribution in [2.24, 2.45) is 5.41 Å². The number of fused-ring (bicyclic) bond motifs is 1. The highest BCUT2D eigenvalue weighted by molar-refractivity contribution is 6.31. The zero-order chi connectivity index (χ0) is 54.0. The number of rotatable bonds is 23. The third kappa shape index (κ3) is 12.8.